The molecule has 0 aliphatic heterocycles. The van der Waals surface area contributed by atoms with E-state index in [1.54, 1.807) is 0 Å². The fourth-order valence-corrected chi connectivity index (χ4v) is 0.548. The molecule has 0 spiro atoms. The number of benzene rings is 1. The molecular weight excluding hydrogens is 223 g/mol. The van der Waals surface area contributed by atoms with Crippen molar-refractivity contribution in [2.24, 2.45) is 0 Å². The number of non-ortho nitro benzene ring substituents is 1. The fourth-order valence-electron chi connectivity index (χ4n) is 0.548. The van der Waals surface area contributed by atoms with Crippen molar-refractivity contribution in [3.8, 4) is 5.75 Å². The van der Waals surface area contributed by atoms with Crippen LogP contribution in [0.3, 0.4) is 0 Å². The molecule has 0 fully saturated rings. The van der Waals surface area contributed by atoms with Gasteiger partial charge in [-0.15, -0.1) is 12.1 Å². The van der Waals surface area contributed by atoms with Crippen LogP contribution in [0.4, 0.5) is 5.69 Å². The zero-order valence-electron chi connectivity index (χ0n) is 5.52. The Labute approximate surface area is 88.3 Å². The van der Waals surface area contributed by atoms with Gasteiger partial charge in [-0.1, -0.05) is 6.07 Å². The molecule has 1 rings (SSSR count). The number of hydrogen-bond donors (Lipinski definition) is 1. The summed E-state index contributed by atoms with van der Waals surface area (Å²) in [4.78, 5) is 9.40. The van der Waals surface area contributed by atoms with Crippen molar-refractivity contribution in [3.05, 3.63) is 34.4 Å². The number of nitrogens with zero attached hydrogens (tertiary/aromatic N) is 1. The van der Waals surface area contributed by atoms with E-state index in [2.05, 4.69) is 6.07 Å². The molecule has 1 N–H and O–H groups in total. The van der Waals surface area contributed by atoms with E-state index in [4.69, 9.17) is 5.11 Å². The Morgan fingerprint density at radius 1 is 1.64 bits per heavy atom. The van der Waals surface area contributed by atoms with E-state index in [0.29, 0.717) is 0 Å². The monoisotopic (exact) mass is 227 g/mol. The van der Waals surface area contributed by atoms with Gasteiger partial charge in [0.05, 0.1) is 0 Å². The van der Waals surface area contributed by atoms with Gasteiger partial charge in [0.15, 0.2) is 5.69 Å². The Balaban J connectivity index is 0.000001000. The van der Waals surface area contributed by atoms with Gasteiger partial charge < -0.3 is 5.11 Å². The Hall–Kier alpha value is -0.476. The van der Waals surface area contributed by atoms with E-state index in [9.17, 15) is 10.1 Å². The zero-order valence-corrected chi connectivity index (χ0v) is 8.36. The maximum Gasteiger partial charge on any atom is 3.00 e. The van der Waals surface area contributed by atoms with Crippen LogP contribution in [0.2, 0.25) is 0 Å². The first kappa shape index (κ1) is 10.5. The first-order valence-corrected chi connectivity index (χ1v) is 2.55. The average Bonchev–Trinajstić information content (AvgIpc) is 1.88. The molecule has 11 heavy (non-hydrogen) atoms. The number of rotatable bonds is 1. The van der Waals surface area contributed by atoms with Crippen LogP contribution in [-0.2, 0) is 32.7 Å². The SMILES string of the molecule is O=[N+]([O-])c1[c-]ccc(O)c1.[Y+3]. The average molecular weight is 227 g/mol. The Morgan fingerprint density at radius 2 is 2.27 bits per heavy atom. The summed E-state index contributed by atoms with van der Waals surface area (Å²) in [6.07, 6.45) is 0. The van der Waals surface area contributed by atoms with Gasteiger partial charge in [0.1, 0.15) is 0 Å². The molecule has 0 aliphatic carbocycles. The number of nitro benzene ring substituents is 1. The maximum absolute atomic E-state index is 10.0. The normalized spacial score (nSPS) is 8.36. The van der Waals surface area contributed by atoms with E-state index < -0.39 is 4.92 Å². The quantitative estimate of drug-likeness (QED) is 0.443. The second kappa shape index (κ2) is 4.41. The van der Waals surface area contributed by atoms with Gasteiger partial charge >= 0.3 is 32.7 Å². The van der Waals surface area contributed by atoms with Crippen molar-refractivity contribution in [2.45, 2.75) is 0 Å². The van der Waals surface area contributed by atoms with Gasteiger partial charge in [-0.25, -0.2) is 0 Å². The molecule has 5 heteroatoms. The molecule has 0 aromatic heterocycles. The van der Waals surface area contributed by atoms with Crippen molar-refractivity contribution >= 4 is 5.69 Å². The van der Waals surface area contributed by atoms with E-state index in [1.807, 2.05) is 0 Å². The number of phenols is 1. The number of hydrogen-bond acceptors (Lipinski definition) is 3. The predicted octanol–water partition coefficient (Wildman–Crippen LogP) is 1.10. The molecule has 0 atom stereocenters. The largest absolute Gasteiger partial charge is 3.00 e. The van der Waals surface area contributed by atoms with Crippen LogP contribution in [0.5, 0.6) is 5.75 Å². The van der Waals surface area contributed by atoms with Crippen LogP contribution >= 0.6 is 0 Å². The predicted molar refractivity (Wildman–Crippen MR) is 33.6 cm³/mol. The third kappa shape index (κ3) is 2.95. The molecule has 0 bridgehead atoms. The molecule has 0 unspecified atom stereocenters. The van der Waals surface area contributed by atoms with Crippen molar-refractivity contribution in [1.82, 2.24) is 0 Å². The van der Waals surface area contributed by atoms with Crippen LogP contribution in [0.25, 0.3) is 0 Å². The van der Waals surface area contributed by atoms with Gasteiger partial charge in [0.25, 0.3) is 0 Å². The Morgan fingerprint density at radius 3 is 2.64 bits per heavy atom. The molecule has 0 saturated carbocycles. The summed E-state index contributed by atoms with van der Waals surface area (Å²) in [7, 11) is 0. The van der Waals surface area contributed by atoms with E-state index in [1.165, 1.54) is 12.1 Å². The number of aromatic hydroxyl groups is 1. The maximum atomic E-state index is 10.0. The smallest absolute Gasteiger partial charge is 0.533 e. The fraction of sp³-hybridized carbons (Fsp3) is 0. The minimum absolute atomic E-state index is 0. The van der Waals surface area contributed by atoms with Crippen molar-refractivity contribution in [1.29, 1.82) is 0 Å². The minimum atomic E-state index is -0.611. The van der Waals surface area contributed by atoms with Gasteiger partial charge in [0, 0.05) is 10.7 Å². The standard InChI is InChI=1S/C6H4NO3.Y/c8-6-3-1-2-5(4-6)7(9)10;/h1,3-4,8H;/q-1;+3. The van der Waals surface area contributed by atoms with Gasteiger partial charge in [-0.2, -0.15) is 6.07 Å². The topological polar surface area (TPSA) is 63.4 Å². The molecule has 52 valence electrons. The second-order valence-corrected chi connectivity index (χ2v) is 1.69. The van der Waals surface area contributed by atoms with Gasteiger partial charge in [-0.3, -0.25) is 10.1 Å². The molecule has 0 amide bonds. The molecular formula is C6H4NO3Y+2. The Kier molecular flexibility index (Phi) is 4.22. The summed E-state index contributed by atoms with van der Waals surface area (Å²) in [6.45, 7) is 0. The third-order valence-corrected chi connectivity index (χ3v) is 0.967. The van der Waals surface area contributed by atoms with Crippen molar-refractivity contribution in [3.63, 3.8) is 0 Å². The van der Waals surface area contributed by atoms with Crippen LogP contribution in [0, 0.1) is 16.2 Å². The van der Waals surface area contributed by atoms with E-state index in [-0.39, 0.29) is 44.1 Å². The number of phenolic OH excluding ortho intramolecular Hbond substituents is 1. The molecule has 0 heterocycles. The summed E-state index contributed by atoms with van der Waals surface area (Å²) >= 11 is 0. The first-order chi connectivity index (χ1) is 4.70. The first-order valence-electron chi connectivity index (χ1n) is 2.55. The summed E-state index contributed by atoms with van der Waals surface area (Å²) in [5, 5.41) is 18.8. The minimum Gasteiger partial charge on any atom is -0.533 e. The van der Waals surface area contributed by atoms with Crippen LogP contribution in [0.15, 0.2) is 18.2 Å². The van der Waals surface area contributed by atoms with Gasteiger partial charge in [-0.05, 0) is 0 Å². The van der Waals surface area contributed by atoms with Crippen molar-refractivity contribution < 1.29 is 42.7 Å². The zero-order chi connectivity index (χ0) is 7.56. The van der Waals surface area contributed by atoms with E-state index >= 15 is 0 Å². The molecule has 4 nitrogen and oxygen atoms in total. The third-order valence-electron chi connectivity index (χ3n) is 0.967. The summed E-state index contributed by atoms with van der Waals surface area (Å²) < 4.78 is 0. The van der Waals surface area contributed by atoms with Crippen LogP contribution in [-0.4, -0.2) is 10.0 Å². The van der Waals surface area contributed by atoms with Crippen LogP contribution < -0.4 is 0 Å². The second-order valence-electron chi connectivity index (χ2n) is 1.69. The Bertz CT molecular complexity index is 264. The number of nitro groups is 1. The summed E-state index contributed by atoms with van der Waals surface area (Å²) in [5.74, 6) is -0.120. The molecule has 0 aliphatic rings. The van der Waals surface area contributed by atoms with Crippen LogP contribution in [0.1, 0.15) is 0 Å². The molecule has 1 aromatic rings. The summed E-state index contributed by atoms with van der Waals surface area (Å²) in [6, 6.07) is 6.02. The van der Waals surface area contributed by atoms with E-state index in [0.717, 1.165) is 6.07 Å². The molecule has 0 saturated heterocycles. The molecule has 0 radical (unpaired) electrons. The molecule has 1 aromatic carbocycles. The summed E-state index contributed by atoms with van der Waals surface area (Å²) in [5.41, 5.74) is -0.222. The van der Waals surface area contributed by atoms with Gasteiger partial charge in [0.2, 0.25) is 0 Å². The van der Waals surface area contributed by atoms with Crippen molar-refractivity contribution in [2.75, 3.05) is 0 Å².